The monoisotopic (exact) mass is 322 g/mol. The third-order valence-electron chi connectivity index (χ3n) is 2.84. The van der Waals surface area contributed by atoms with Crippen molar-refractivity contribution in [3.8, 4) is 0 Å². The summed E-state index contributed by atoms with van der Waals surface area (Å²) in [5.41, 5.74) is 0. The van der Waals surface area contributed by atoms with Gasteiger partial charge >= 0.3 is 0 Å². The van der Waals surface area contributed by atoms with Gasteiger partial charge in [0.15, 0.2) is 0 Å². The summed E-state index contributed by atoms with van der Waals surface area (Å²) >= 11 is 0. The van der Waals surface area contributed by atoms with Crippen LogP contribution >= 0.6 is 0 Å². The van der Waals surface area contributed by atoms with Crippen molar-refractivity contribution in [3.05, 3.63) is 0 Å². The van der Waals surface area contributed by atoms with Gasteiger partial charge in [-0.05, 0) is 13.8 Å². The van der Waals surface area contributed by atoms with Gasteiger partial charge in [0.2, 0.25) is 0 Å². The first-order valence-electron chi connectivity index (χ1n) is 8.53. The summed E-state index contributed by atoms with van der Waals surface area (Å²) in [7, 11) is 4.94. The van der Waals surface area contributed by atoms with Crippen LogP contribution in [0.3, 0.4) is 0 Å². The molecule has 0 N–H and O–H groups in total. The fraction of sp³-hybridized carbons (Fsp3) is 0.750. The van der Waals surface area contributed by atoms with Crippen molar-refractivity contribution in [2.45, 2.75) is 67.6 Å². The average molecular weight is 322 g/mol. The second-order valence-corrected chi connectivity index (χ2v) is 6.35. The average Bonchev–Trinajstić information content (AvgIpc) is 2.39. The molecule has 0 spiro atoms. The summed E-state index contributed by atoms with van der Waals surface area (Å²) < 4.78 is 0. The molecule has 0 amide bonds. The lowest BCUT2D eigenvalue weighted by molar-refractivity contribution is -0.129. The summed E-state index contributed by atoms with van der Waals surface area (Å²) in [5, 5.41) is 0. The van der Waals surface area contributed by atoms with Gasteiger partial charge in [0.25, 0.3) is 0 Å². The lowest BCUT2D eigenvalue weighted by Gasteiger charge is -1.98. The van der Waals surface area contributed by atoms with Crippen LogP contribution in [0, 0.1) is 11.8 Å². The van der Waals surface area contributed by atoms with Crippen molar-refractivity contribution in [3.63, 3.8) is 0 Å². The maximum Gasteiger partial charge on any atom is 0.142 e. The molecule has 0 fully saturated rings. The van der Waals surface area contributed by atoms with E-state index in [0.717, 1.165) is 0 Å². The third kappa shape index (κ3) is 26.1. The Kier molecular flexibility index (Phi) is 20.0. The molecule has 0 saturated heterocycles. The Morgan fingerprint density at radius 3 is 1.17 bits per heavy atom. The molecular weight excluding hydrogens is 289 g/mol. The predicted molar refractivity (Wildman–Crippen MR) is 104 cm³/mol. The molecule has 23 heavy (non-hydrogen) atoms. The van der Waals surface area contributed by atoms with Gasteiger partial charge in [-0.2, -0.15) is 0 Å². The smallest absolute Gasteiger partial charge is 0.142 e. The molecule has 130 valence electrons. The molecule has 0 aromatic carbocycles. The second-order valence-electron chi connectivity index (χ2n) is 6.35. The molecule has 0 bridgehead atoms. The van der Waals surface area contributed by atoms with E-state index in [4.69, 9.17) is 0 Å². The molecule has 0 unspecified atom stereocenters. The highest BCUT2D eigenvalue weighted by molar-refractivity contribution is 7.23. The van der Waals surface area contributed by atoms with Crippen LogP contribution in [0.1, 0.15) is 61.3 Å². The Morgan fingerprint density at radius 2 is 1.13 bits per heavy atom. The molecule has 0 aliphatic rings. The Labute approximate surface area is 144 Å². The minimum atomic E-state index is -0.0475. The number of ketones is 4. The molecule has 0 rings (SSSR count). The highest BCUT2D eigenvalue weighted by Crippen LogP contribution is 1.98. The quantitative estimate of drug-likeness (QED) is 0.496. The van der Waals surface area contributed by atoms with Crippen LogP contribution < -0.4 is 0 Å². The molecule has 0 saturated carbocycles. The minimum Gasteiger partial charge on any atom is -0.300 e. The Bertz CT molecular complexity index is 332. The van der Waals surface area contributed by atoms with Gasteiger partial charge in [-0.1, -0.05) is 40.9 Å². The van der Waals surface area contributed by atoms with E-state index in [9.17, 15) is 19.2 Å². The summed E-state index contributed by atoms with van der Waals surface area (Å²) in [6, 6.07) is 0. The highest BCUT2D eigenvalue weighted by atomic mass is 16.2. The topological polar surface area (TPSA) is 68.3 Å². The van der Waals surface area contributed by atoms with Crippen molar-refractivity contribution >= 4 is 45.1 Å². The van der Waals surface area contributed by atoms with Crippen LogP contribution in [0.25, 0.3) is 0 Å². The summed E-state index contributed by atoms with van der Waals surface area (Å²) in [6.45, 7) is 12.3. The van der Waals surface area contributed by atoms with E-state index < -0.39 is 0 Å². The van der Waals surface area contributed by atoms with E-state index in [-0.39, 0.29) is 47.8 Å². The molecule has 4 nitrogen and oxygen atoms in total. The Balaban J connectivity index is -0.000000273. The first-order valence-corrected chi connectivity index (χ1v) is 8.53. The van der Waals surface area contributed by atoms with Crippen LogP contribution in [0.5, 0.6) is 0 Å². The Morgan fingerprint density at radius 1 is 0.826 bits per heavy atom. The van der Waals surface area contributed by atoms with Gasteiger partial charge in [-0.15, -0.1) is 0 Å². The van der Waals surface area contributed by atoms with E-state index in [2.05, 4.69) is 14.7 Å². The maximum absolute atomic E-state index is 10.7. The van der Waals surface area contributed by atoms with Crippen molar-refractivity contribution in [1.29, 1.82) is 0 Å². The van der Waals surface area contributed by atoms with Gasteiger partial charge < -0.3 is 0 Å². The molecule has 0 aromatic rings. The molecule has 7 heteroatoms. The van der Waals surface area contributed by atoms with Crippen LogP contribution in [0.4, 0.5) is 0 Å². The van der Waals surface area contributed by atoms with Crippen molar-refractivity contribution in [2.75, 3.05) is 0 Å². The highest BCUT2D eigenvalue weighted by Gasteiger charge is 2.09. The lowest BCUT2D eigenvalue weighted by Crippen LogP contribution is -2.10. The van der Waals surface area contributed by atoms with Crippen LogP contribution in [0.2, 0.25) is 6.32 Å². The number of hydrogen-bond donors (Lipinski definition) is 0. The summed E-state index contributed by atoms with van der Waals surface area (Å²) in [4.78, 5) is 42.1. The minimum absolute atomic E-state index is 0.00565. The molecule has 0 atom stereocenters. The first-order chi connectivity index (χ1) is 10.5. The SMILES string of the molecule is BBBCC.CC(=O)CC(=O)C(C)C.CC(=O)CC(=O)C(C)C. The van der Waals surface area contributed by atoms with Crippen molar-refractivity contribution in [1.82, 2.24) is 0 Å². The van der Waals surface area contributed by atoms with E-state index in [1.165, 1.54) is 34.4 Å². The standard InChI is InChI=1S/2C7H12O2.C2H9B3/c2*1-5(2)7(9)4-6(3)8;1-2-4-5-3/h2*5H,4H2,1-3H3;4-5H,2-3H2,1H3. The van der Waals surface area contributed by atoms with Crippen molar-refractivity contribution < 1.29 is 19.2 Å². The predicted octanol–water partition coefficient (Wildman–Crippen LogP) is 1.14. The molecule has 0 aromatic heterocycles. The fourth-order valence-corrected chi connectivity index (χ4v) is 1.25. The summed E-state index contributed by atoms with van der Waals surface area (Å²) in [6.07, 6.45) is 1.53. The number of rotatable bonds is 8. The van der Waals surface area contributed by atoms with E-state index in [1.807, 2.05) is 0 Å². The summed E-state index contributed by atoms with van der Waals surface area (Å²) in [5.74, 6) is -0.0461. The molecule has 0 aliphatic heterocycles. The van der Waals surface area contributed by atoms with E-state index in [0.29, 0.717) is 0 Å². The van der Waals surface area contributed by atoms with Crippen molar-refractivity contribution in [2.24, 2.45) is 11.8 Å². The molecule has 0 heterocycles. The Hall–Kier alpha value is -1.13. The fourth-order valence-electron chi connectivity index (χ4n) is 1.25. The zero-order chi connectivity index (χ0) is 19.0. The van der Waals surface area contributed by atoms with E-state index in [1.54, 1.807) is 27.7 Å². The molecule has 0 aliphatic carbocycles. The largest absolute Gasteiger partial charge is 0.300 e. The second kappa shape index (κ2) is 17.2. The van der Waals surface area contributed by atoms with E-state index >= 15 is 0 Å². The van der Waals surface area contributed by atoms with Crippen LogP contribution in [0.15, 0.2) is 0 Å². The third-order valence-corrected chi connectivity index (χ3v) is 2.84. The van der Waals surface area contributed by atoms with Gasteiger partial charge in [0.1, 0.15) is 23.1 Å². The number of Topliss-reactive ketones (excluding diaryl/α,β-unsaturated/α-hetero) is 4. The van der Waals surface area contributed by atoms with Gasteiger partial charge in [-0.3, -0.25) is 19.2 Å². The van der Waals surface area contributed by atoms with Crippen LogP contribution in [-0.2, 0) is 19.2 Å². The molecular formula is C16H33B3O4. The lowest BCUT2D eigenvalue weighted by atomic mass is 9.27. The first kappa shape index (κ1) is 26.8. The number of carbonyl (C=O) groups is 4. The van der Waals surface area contributed by atoms with Gasteiger partial charge in [0, 0.05) is 11.8 Å². The zero-order valence-corrected chi connectivity index (χ0v) is 16.3. The number of hydrogen-bond acceptors (Lipinski definition) is 4. The maximum atomic E-state index is 10.7. The zero-order valence-electron chi connectivity index (χ0n) is 16.3. The van der Waals surface area contributed by atoms with Crippen LogP contribution in [-0.4, -0.2) is 45.1 Å². The normalized spacial score (nSPS) is 9.09. The van der Waals surface area contributed by atoms with Gasteiger partial charge in [-0.25, -0.2) is 0 Å². The van der Waals surface area contributed by atoms with Gasteiger partial charge in [0.05, 0.1) is 34.8 Å². The number of carbonyl (C=O) groups excluding carboxylic acids is 4. The molecule has 0 radical (unpaired) electrons.